The van der Waals surface area contributed by atoms with Crippen molar-refractivity contribution in [3.05, 3.63) is 36.2 Å². The highest BCUT2D eigenvalue weighted by Crippen LogP contribution is 2.12. The number of nitrogens with zero attached hydrogens (tertiary/aromatic N) is 4. The van der Waals surface area contributed by atoms with E-state index in [0.29, 0.717) is 6.54 Å². The van der Waals surface area contributed by atoms with Crippen LogP contribution in [0.1, 0.15) is 24.0 Å². The lowest BCUT2D eigenvalue weighted by atomic mass is 10.2. The van der Waals surface area contributed by atoms with Crippen LogP contribution < -0.4 is 10.2 Å². The topological polar surface area (TPSA) is 86.8 Å². The quantitative estimate of drug-likeness (QED) is 0.731. The van der Waals surface area contributed by atoms with Gasteiger partial charge in [0.2, 0.25) is 0 Å². The molecule has 7 nitrogen and oxygen atoms in total. The molecule has 1 aromatic carbocycles. The van der Waals surface area contributed by atoms with Crippen LogP contribution in [0.25, 0.3) is 0 Å². The summed E-state index contributed by atoms with van der Waals surface area (Å²) in [5.74, 6) is -0.234. The molecule has 1 amide bonds. The molecule has 0 radical (unpaired) electrons. The van der Waals surface area contributed by atoms with Crippen LogP contribution in [0, 0.1) is 0 Å². The summed E-state index contributed by atoms with van der Waals surface area (Å²) in [6.45, 7) is 4.51. The number of hydrogen-bond donors (Lipinski definition) is 2. The van der Waals surface area contributed by atoms with Crippen molar-refractivity contribution in [2.24, 2.45) is 0 Å². The minimum atomic E-state index is -0.304. The Labute approximate surface area is 117 Å². The van der Waals surface area contributed by atoms with Crippen LogP contribution in [0.3, 0.4) is 0 Å². The minimum Gasteiger partial charge on any atom is -0.372 e. The molecule has 0 aliphatic rings. The Hall–Kier alpha value is -2.44. The molecular formula is C13H18N6O. The lowest BCUT2D eigenvalue weighted by molar-refractivity contribution is 0.0943. The zero-order valence-electron chi connectivity index (χ0n) is 11.4. The number of nitrogens with one attached hydrogen (secondary N) is 2. The third kappa shape index (κ3) is 3.78. The minimum absolute atomic E-state index is 0.0698. The normalized spacial score (nSPS) is 10.2. The van der Waals surface area contributed by atoms with E-state index in [0.717, 1.165) is 19.5 Å². The third-order valence-electron chi connectivity index (χ3n) is 2.94. The number of H-pyrrole nitrogens is 1. The molecule has 0 bridgehead atoms. The maximum atomic E-state index is 11.6. The van der Waals surface area contributed by atoms with Gasteiger partial charge in [0, 0.05) is 25.3 Å². The number of rotatable bonds is 7. The van der Waals surface area contributed by atoms with Crippen molar-refractivity contribution < 1.29 is 4.79 Å². The van der Waals surface area contributed by atoms with Gasteiger partial charge in [0.1, 0.15) is 0 Å². The first-order valence-electron chi connectivity index (χ1n) is 6.63. The van der Waals surface area contributed by atoms with E-state index in [1.165, 1.54) is 5.69 Å². The number of amides is 1. The number of aromatic nitrogens is 4. The van der Waals surface area contributed by atoms with Gasteiger partial charge in [-0.15, -0.1) is 10.2 Å². The highest BCUT2D eigenvalue weighted by atomic mass is 16.2. The molecule has 0 aliphatic heterocycles. The average Bonchev–Trinajstić information content (AvgIpc) is 3.02. The highest BCUT2D eigenvalue weighted by Gasteiger charge is 2.09. The average molecular weight is 274 g/mol. The summed E-state index contributed by atoms with van der Waals surface area (Å²) < 4.78 is 0. The molecule has 0 spiro atoms. The largest absolute Gasteiger partial charge is 0.372 e. The summed E-state index contributed by atoms with van der Waals surface area (Å²) in [4.78, 5) is 13.8. The van der Waals surface area contributed by atoms with Gasteiger partial charge in [0.05, 0.1) is 0 Å². The lowest BCUT2D eigenvalue weighted by Crippen LogP contribution is -2.30. The zero-order valence-corrected chi connectivity index (χ0v) is 11.4. The van der Waals surface area contributed by atoms with Crippen LogP contribution in [0.2, 0.25) is 0 Å². The van der Waals surface area contributed by atoms with Crippen molar-refractivity contribution in [1.29, 1.82) is 0 Å². The number of tetrazole rings is 1. The van der Waals surface area contributed by atoms with Crippen LogP contribution in [0.5, 0.6) is 0 Å². The molecule has 1 aromatic heterocycles. The standard InChI is InChI=1S/C13H18N6O/c1-2-19(11-7-4-3-5-8-11)10-6-9-14-13(20)12-15-17-18-16-12/h3-5,7-8H,2,6,9-10H2,1H3,(H,14,20)(H,15,16,17,18). The number of anilines is 1. The van der Waals surface area contributed by atoms with Gasteiger partial charge in [-0.05, 0) is 30.7 Å². The maximum Gasteiger partial charge on any atom is 0.292 e. The number of carbonyl (C=O) groups is 1. The van der Waals surface area contributed by atoms with Crippen LogP contribution in [0.15, 0.2) is 30.3 Å². The molecule has 0 unspecified atom stereocenters. The number of aromatic amines is 1. The Morgan fingerprint density at radius 3 is 2.80 bits per heavy atom. The van der Waals surface area contributed by atoms with Crippen molar-refractivity contribution in [1.82, 2.24) is 25.9 Å². The predicted molar refractivity (Wildman–Crippen MR) is 75.5 cm³/mol. The molecule has 20 heavy (non-hydrogen) atoms. The molecule has 7 heteroatoms. The molecule has 0 saturated heterocycles. The van der Waals surface area contributed by atoms with E-state index in [9.17, 15) is 4.79 Å². The monoisotopic (exact) mass is 274 g/mol. The van der Waals surface area contributed by atoms with Gasteiger partial charge in [-0.3, -0.25) is 4.79 Å². The van der Waals surface area contributed by atoms with Crippen molar-refractivity contribution in [2.75, 3.05) is 24.5 Å². The van der Waals surface area contributed by atoms with Crippen LogP contribution in [0.4, 0.5) is 5.69 Å². The van der Waals surface area contributed by atoms with Gasteiger partial charge >= 0.3 is 0 Å². The maximum absolute atomic E-state index is 11.6. The lowest BCUT2D eigenvalue weighted by Gasteiger charge is -2.23. The molecular weight excluding hydrogens is 256 g/mol. The molecule has 2 N–H and O–H groups in total. The summed E-state index contributed by atoms with van der Waals surface area (Å²) in [5, 5.41) is 15.6. The second-order valence-electron chi connectivity index (χ2n) is 4.26. The molecule has 106 valence electrons. The number of carbonyl (C=O) groups excluding carboxylic acids is 1. The van der Waals surface area contributed by atoms with Crippen molar-refractivity contribution in [3.63, 3.8) is 0 Å². The highest BCUT2D eigenvalue weighted by molar-refractivity contribution is 5.89. The molecule has 0 fully saturated rings. The third-order valence-corrected chi connectivity index (χ3v) is 2.94. The molecule has 0 saturated carbocycles. The van der Waals surface area contributed by atoms with E-state index in [1.807, 2.05) is 18.2 Å². The Morgan fingerprint density at radius 2 is 2.15 bits per heavy atom. The summed E-state index contributed by atoms with van der Waals surface area (Å²) in [6, 6.07) is 10.2. The summed E-state index contributed by atoms with van der Waals surface area (Å²) in [5.41, 5.74) is 1.19. The molecule has 1 heterocycles. The van der Waals surface area contributed by atoms with Gasteiger partial charge in [-0.1, -0.05) is 18.2 Å². The zero-order chi connectivity index (χ0) is 14.2. The fourth-order valence-electron chi connectivity index (χ4n) is 1.92. The Bertz CT molecular complexity index is 513. The van der Waals surface area contributed by atoms with E-state index in [-0.39, 0.29) is 11.7 Å². The molecule has 2 aromatic rings. The van der Waals surface area contributed by atoms with E-state index in [4.69, 9.17) is 0 Å². The SMILES string of the molecule is CCN(CCCNC(=O)c1nn[nH]n1)c1ccccc1. The van der Waals surface area contributed by atoms with Gasteiger partial charge in [0.15, 0.2) is 0 Å². The second kappa shape index (κ2) is 7.22. The van der Waals surface area contributed by atoms with Crippen LogP contribution in [-0.2, 0) is 0 Å². The number of benzene rings is 1. The fourth-order valence-corrected chi connectivity index (χ4v) is 1.92. The Kier molecular flexibility index (Phi) is 5.05. The first kappa shape index (κ1) is 14.0. The molecule has 0 aliphatic carbocycles. The molecule has 2 rings (SSSR count). The van der Waals surface area contributed by atoms with Crippen LogP contribution >= 0.6 is 0 Å². The fraction of sp³-hybridized carbons (Fsp3) is 0.385. The van der Waals surface area contributed by atoms with E-state index >= 15 is 0 Å². The number of hydrogen-bond acceptors (Lipinski definition) is 5. The van der Waals surface area contributed by atoms with E-state index in [1.54, 1.807) is 0 Å². The second-order valence-corrected chi connectivity index (χ2v) is 4.26. The van der Waals surface area contributed by atoms with Gasteiger partial charge < -0.3 is 10.2 Å². The smallest absolute Gasteiger partial charge is 0.292 e. The van der Waals surface area contributed by atoms with Gasteiger partial charge in [-0.25, -0.2) is 0 Å². The first-order valence-corrected chi connectivity index (χ1v) is 6.63. The Balaban J connectivity index is 1.73. The van der Waals surface area contributed by atoms with Crippen molar-refractivity contribution in [3.8, 4) is 0 Å². The summed E-state index contributed by atoms with van der Waals surface area (Å²) in [7, 11) is 0. The van der Waals surface area contributed by atoms with E-state index in [2.05, 4.69) is 49.9 Å². The predicted octanol–water partition coefficient (Wildman–Crippen LogP) is 0.846. The Morgan fingerprint density at radius 1 is 1.35 bits per heavy atom. The summed E-state index contributed by atoms with van der Waals surface area (Å²) in [6.07, 6.45) is 0.853. The van der Waals surface area contributed by atoms with Gasteiger partial charge in [-0.2, -0.15) is 5.21 Å². The van der Waals surface area contributed by atoms with Crippen molar-refractivity contribution >= 4 is 11.6 Å². The van der Waals surface area contributed by atoms with Crippen molar-refractivity contribution in [2.45, 2.75) is 13.3 Å². The van der Waals surface area contributed by atoms with Crippen LogP contribution in [-0.4, -0.2) is 46.2 Å². The van der Waals surface area contributed by atoms with E-state index < -0.39 is 0 Å². The van der Waals surface area contributed by atoms with Gasteiger partial charge in [0.25, 0.3) is 11.7 Å². The molecule has 0 atom stereocenters. The number of para-hydroxylation sites is 1. The first-order chi connectivity index (χ1) is 9.81. The summed E-state index contributed by atoms with van der Waals surface area (Å²) >= 11 is 0.